The average Bonchev–Trinajstić information content (AvgIpc) is 2.38. The number of benzene rings is 1. The van der Waals surface area contributed by atoms with Crippen LogP contribution >= 0.6 is 23.8 Å². The molecule has 0 heterocycles. The summed E-state index contributed by atoms with van der Waals surface area (Å²) >= 11 is 10.3. The SMILES string of the molecule is N#CCN(CC(N)=S)S(=O)(=O)Cc1ccc(C(F)(F)F)cc1Cl. The Balaban J connectivity index is 3.10. The highest BCUT2D eigenvalue weighted by atomic mass is 35.5. The number of thiocarbonyl (C=S) groups is 1. The maximum absolute atomic E-state index is 12.6. The van der Waals surface area contributed by atoms with E-state index in [1.807, 2.05) is 0 Å². The zero-order chi connectivity index (χ0) is 17.8. The van der Waals surface area contributed by atoms with Gasteiger partial charge in [0.2, 0.25) is 10.0 Å². The first kappa shape index (κ1) is 19.6. The van der Waals surface area contributed by atoms with Gasteiger partial charge in [-0.2, -0.15) is 22.7 Å². The number of halogens is 4. The van der Waals surface area contributed by atoms with E-state index in [0.29, 0.717) is 6.07 Å². The van der Waals surface area contributed by atoms with Crippen molar-refractivity contribution in [2.45, 2.75) is 11.9 Å². The third-order valence-electron chi connectivity index (χ3n) is 2.69. The van der Waals surface area contributed by atoms with E-state index < -0.39 is 34.1 Å². The van der Waals surface area contributed by atoms with Gasteiger partial charge in [0.15, 0.2) is 0 Å². The molecule has 5 nitrogen and oxygen atoms in total. The Kier molecular flexibility index (Phi) is 6.35. The van der Waals surface area contributed by atoms with Crippen LogP contribution in [0.15, 0.2) is 18.2 Å². The van der Waals surface area contributed by atoms with Gasteiger partial charge in [0, 0.05) is 5.02 Å². The molecule has 0 bridgehead atoms. The number of nitrogens with two attached hydrogens (primary N) is 1. The van der Waals surface area contributed by atoms with Gasteiger partial charge in [-0.15, -0.1) is 0 Å². The number of sulfonamides is 1. The Morgan fingerprint density at radius 2 is 2.04 bits per heavy atom. The molecule has 0 amide bonds. The van der Waals surface area contributed by atoms with Gasteiger partial charge in [-0.3, -0.25) is 0 Å². The summed E-state index contributed by atoms with van der Waals surface area (Å²) in [6, 6.07) is 4.02. The molecule has 11 heteroatoms. The summed E-state index contributed by atoms with van der Waals surface area (Å²) in [5, 5.41) is 8.33. The second-order valence-electron chi connectivity index (χ2n) is 4.45. The minimum Gasteiger partial charge on any atom is -0.392 e. The van der Waals surface area contributed by atoms with Crippen molar-refractivity contribution in [1.29, 1.82) is 5.26 Å². The quantitative estimate of drug-likeness (QED) is 0.599. The molecule has 126 valence electrons. The largest absolute Gasteiger partial charge is 0.416 e. The number of nitriles is 1. The predicted molar refractivity (Wildman–Crippen MR) is 83.0 cm³/mol. The normalized spacial score (nSPS) is 12.2. The Labute approximate surface area is 141 Å². The van der Waals surface area contributed by atoms with E-state index in [-0.39, 0.29) is 22.1 Å². The predicted octanol–water partition coefficient (Wildman–Crippen LogP) is 2.30. The Bertz CT molecular complexity index is 745. The molecule has 1 aromatic carbocycles. The summed E-state index contributed by atoms with van der Waals surface area (Å²) < 4.78 is 62.9. The van der Waals surface area contributed by atoms with E-state index in [2.05, 4.69) is 12.2 Å². The molecule has 0 aliphatic heterocycles. The fourth-order valence-corrected chi connectivity index (χ4v) is 3.62. The lowest BCUT2D eigenvalue weighted by Crippen LogP contribution is -2.38. The van der Waals surface area contributed by atoms with Crippen molar-refractivity contribution >= 4 is 38.8 Å². The highest BCUT2D eigenvalue weighted by Crippen LogP contribution is 2.32. The van der Waals surface area contributed by atoms with Crippen molar-refractivity contribution in [3.05, 3.63) is 34.3 Å². The van der Waals surface area contributed by atoms with Crippen LogP contribution in [-0.4, -0.2) is 30.8 Å². The van der Waals surface area contributed by atoms with Crippen LogP contribution in [0.3, 0.4) is 0 Å². The van der Waals surface area contributed by atoms with Crippen LogP contribution in [0.5, 0.6) is 0 Å². The minimum absolute atomic E-state index is 0.0226. The van der Waals surface area contributed by atoms with E-state index in [1.165, 1.54) is 0 Å². The summed E-state index contributed by atoms with van der Waals surface area (Å²) in [6.45, 7) is -0.832. The summed E-state index contributed by atoms with van der Waals surface area (Å²) in [6.07, 6.45) is -4.58. The topological polar surface area (TPSA) is 87.2 Å². The smallest absolute Gasteiger partial charge is 0.392 e. The molecule has 0 saturated carbocycles. The molecule has 1 aromatic rings. The molecule has 0 radical (unpaired) electrons. The van der Waals surface area contributed by atoms with Gasteiger partial charge in [0.1, 0.15) is 6.54 Å². The molecule has 2 N–H and O–H groups in total. The van der Waals surface area contributed by atoms with Crippen LogP contribution in [0.25, 0.3) is 0 Å². The van der Waals surface area contributed by atoms with Crippen molar-refractivity contribution in [3.63, 3.8) is 0 Å². The molecule has 0 fully saturated rings. The number of alkyl halides is 3. The molecule has 0 aliphatic carbocycles. The van der Waals surface area contributed by atoms with E-state index in [4.69, 9.17) is 22.6 Å². The lowest BCUT2D eigenvalue weighted by Gasteiger charge is -2.19. The number of hydrogen-bond acceptors (Lipinski definition) is 4. The molecule has 23 heavy (non-hydrogen) atoms. The van der Waals surface area contributed by atoms with Crippen molar-refractivity contribution in [2.24, 2.45) is 5.73 Å². The lowest BCUT2D eigenvalue weighted by molar-refractivity contribution is -0.137. The first-order valence-corrected chi connectivity index (χ1v) is 8.35. The van der Waals surface area contributed by atoms with Gasteiger partial charge in [0.05, 0.1) is 28.9 Å². The van der Waals surface area contributed by atoms with Crippen LogP contribution in [0.2, 0.25) is 5.02 Å². The maximum atomic E-state index is 12.6. The van der Waals surface area contributed by atoms with E-state index in [1.54, 1.807) is 6.07 Å². The lowest BCUT2D eigenvalue weighted by atomic mass is 10.1. The van der Waals surface area contributed by atoms with Crippen molar-refractivity contribution < 1.29 is 21.6 Å². The molecule has 0 aromatic heterocycles. The monoisotopic (exact) mass is 385 g/mol. The van der Waals surface area contributed by atoms with Crippen molar-refractivity contribution in [1.82, 2.24) is 4.31 Å². The Hall–Kier alpha value is -1.41. The molecular formula is C12H11ClF3N3O2S2. The summed E-state index contributed by atoms with van der Waals surface area (Å²) in [4.78, 5) is -0.137. The van der Waals surface area contributed by atoms with Gasteiger partial charge >= 0.3 is 6.18 Å². The molecule has 0 spiro atoms. The highest BCUT2D eigenvalue weighted by Gasteiger charge is 2.31. The molecule has 0 saturated heterocycles. The van der Waals surface area contributed by atoms with Crippen molar-refractivity contribution in [3.8, 4) is 6.07 Å². The van der Waals surface area contributed by atoms with Crippen molar-refractivity contribution in [2.75, 3.05) is 13.1 Å². The van der Waals surface area contributed by atoms with E-state index >= 15 is 0 Å². The van der Waals surface area contributed by atoms with Gasteiger partial charge in [0.25, 0.3) is 0 Å². The summed E-state index contributed by atoms with van der Waals surface area (Å²) in [7, 11) is -4.03. The van der Waals surface area contributed by atoms with Gasteiger partial charge < -0.3 is 5.73 Å². The number of nitrogens with zero attached hydrogens (tertiary/aromatic N) is 2. The Morgan fingerprint density at radius 1 is 1.43 bits per heavy atom. The summed E-state index contributed by atoms with van der Waals surface area (Å²) in [5.41, 5.74) is 4.27. The first-order valence-electron chi connectivity index (χ1n) is 5.96. The molecule has 0 atom stereocenters. The second kappa shape index (κ2) is 7.44. The van der Waals surface area contributed by atoms with Gasteiger partial charge in [-0.25, -0.2) is 8.42 Å². The molecule has 0 aliphatic rings. The molecule has 0 unspecified atom stereocenters. The zero-order valence-corrected chi connectivity index (χ0v) is 13.9. The van der Waals surface area contributed by atoms with Crippen LogP contribution in [0, 0.1) is 11.3 Å². The fourth-order valence-electron chi connectivity index (χ4n) is 1.63. The minimum atomic E-state index is -4.58. The highest BCUT2D eigenvalue weighted by molar-refractivity contribution is 7.88. The molecular weight excluding hydrogens is 375 g/mol. The summed E-state index contributed by atoms with van der Waals surface area (Å²) in [5.74, 6) is -0.672. The van der Waals surface area contributed by atoms with Gasteiger partial charge in [-0.05, 0) is 17.7 Å². The molecule has 1 rings (SSSR count). The zero-order valence-electron chi connectivity index (χ0n) is 11.5. The van der Waals surface area contributed by atoms with Crippen LogP contribution in [-0.2, 0) is 22.0 Å². The standard InChI is InChI=1S/C12H11ClF3N3O2S2/c13-10-5-9(12(14,15)16)2-1-8(10)7-23(20,21)19(4-3-17)6-11(18)22/h1-2,5H,4,6-7H2,(H2,18,22). The third-order valence-corrected chi connectivity index (χ3v) is 4.89. The van der Waals surface area contributed by atoms with E-state index in [9.17, 15) is 21.6 Å². The number of rotatable bonds is 6. The van der Waals surface area contributed by atoms with E-state index in [0.717, 1.165) is 16.4 Å². The number of hydrogen-bond donors (Lipinski definition) is 1. The maximum Gasteiger partial charge on any atom is 0.416 e. The van der Waals surface area contributed by atoms with Crippen LogP contribution < -0.4 is 5.73 Å². The fraction of sp³-hybridized carbons (Fsp3) is 0.333. The van der Waals surface area contributed by atoms with Crippen LogP contribution in [0.4, 0.5) is 13.2 Å². The van der Waals surface area contributed by atoms with Gasteiger partial charge in [-0.1, -0.05) is 29.9 Å². The second-order valence-corrected chi connectivity index (χ2v) is 7.35. The first-order chi connectivity index (χ1) is 10.5. The third kappa shape index (κ3) is 5.62. The Morgan fingerprint density at radius 3 is 2.48 bits per heavy atom. The average molecular weight is 386 g/mol. The van der Waals surface area contributed by atoms with Crippen LogP contribution in [0.1, 0.15) is 11.1 Å².